The van der Waals surface area contributed by atoms with Crippen molar-refractivity contribution in [2.45, 2.75) is 0 Å². The molecule has 0 atom stereocenters. The summed E-state index contributed by atoms with van der Waals surface area (Å²) in [7, 11) is -7.81. The maximum atomic E-state index is 8.52. The lowest BCUT2D eigenvalue weighted by Gasteiger charge is -1.72. The molecular formula is H6Cl3NO9. The van der Waals surface area contributed by atoms with E-state index in [1.165, 1.54) is 0 Å². The SMILES string of the molecule is N.[O-][Cl+2]([O-])O.[O-][Cl+2]([O-])O.[O-][Cl+2]([O-])O. The standard InChI is InChI=1S/3ClHO3.H3N/c3*2-1(3)4;/h3*2H;1H3. The Morgan fingerprint density at radius 1 is 0.538 bits per heavy atom. The van der Waals surface area contributed by atoms with Crippen molar-refractivity contribution < 1.29 is 74.3 Å². The summed E-state index contributed by atoms with van der Waals surface area (Å²) in [4.78, 5) is 0. The van der Waals surface area contributed by atoms with E-state index >= 15 is 0 Å². The molecule has 0 heterocycles. The summed E-state index contributed by atoms with van der Waals surface area (Å²) in [6, 6.07) is 0. The van der Waals surface area contributed by atoms with Gasteiger partial charge in [0.1, 0.15) is 0 Å². The van der Waals surface area contributed by atoms with E-state index in [-0.39, 0.29) is 6.15 Å². The summed E-state index contributed by atoms with van der Waals surface area (Å²) in [5.41, 5.74) is 0. The molecule has 13 heteroatoms. The van der Waals surface area contributed by atoms with Crippen LogP contribution in [0.15, 0.2) is 0 Å². The average molecular weight is 270 g/mol. The molecule has 0 rings (SSSR count). The van der Waals surface area contributed by atoms with Gasteiger partial charge in [-0.15, -0.1) is 0 Å². The van der Waals surface area contributed by atoms with E-state index in [0.717, 1.165) is 0 Å². The number of hydrogen-bond acceptors (Lipinski definition) is 10. The molecule has 0 aromatic heterocycles. The minimum Gasteiger partial charge on any atom is -0.344 e. The van der Waals surface area contributed by atoms with Crippen molar-refractivity contribution in [1.29, 1.82) is 0 Å². The zero-order chi connectivity index (χ0) is 10.7. The van der Waals surface area contributed by atoms with Gasteiger partial charge in [0.2, 0.25) is 0 Å². The monoisotopic (exact) mass is 269 g/mol. The highest BCUT2D eigenvalue weighted by Crippen LogP contribution is 1.39. The zero-order valence-corrected chi connectivity index (χ0v) is 7.90. The van der Waals surface area contributed by atoms with Crippen LogP contribution in [-0.2, 0) is 0 Å². The fourth-order valence-corrected chi connectivity index (χ4v) is 0. The Morgan fingerprint density at radius 3 is 0.538 bits per heavy atom. The molecule has 0 aliphatic heterocycles. The lowest BCUT2D eigenvalue weighted by atomic mass is 14.0. The van der Waals surface area contributed by atoms with Gasteiger partial charge in [-0.2, -0.15) is 0 Å². The van der Waals surface area contributed by atoms with E-state index in [9.17, 15) is 0 Å². The summed E-state index contributed by atoms with van der Waals surface area (Å²) in [5, 5.41) is 0. The normalized spacial score (nSPS) is 8.31. The summed E-state index contributed by atoms with van der Waals surface area (Å²) < 4.78 is 71.9. The molecule has 0 fully saturated rings. The van der Waals surface area contributed by atoms with Gasteiger partial charge < -0.3 is 34.1 Å². The topological polar surface area (TPSA) is 234 Å². The summed E-state index contributed by atoms with van der Waals surface area (Å²) in [6.45, 7) is 0. The van der Waals surface area contributed by atoms with Crippen LogP contribution in [-0.4, -0.2) is 14.0 Å². The molecule has 86 valence electrons. The first-order chi connectivity index (χ1) is 5.20. The van der Waals surface area contributed by atoms with Crippen molar-refractivity contribution in [3.05, 3.63) is 0 Å². The molecule has 10 nitrogen and oxygen atoms in total. The molecule has 0 aliphatic carbocycles. The van der Waals surface area contributed by atoms with E-state index in [2.05, 4.69) is 0 Å². The van der Waals surface area contributed by atoms with Gasteiger partial charge in [0, 0.05) is 14.0 Å². The van der Waals surface area contributed by atoms with Gasteiger partial charge in [0.25, 0.3) is 32.4 Å². The van der Waals surface area contributed by atoms with Crippen LogP contribution in [0.3, 0.4) is 0 Å². The first kappa shape index (κ1) is 23.4. The number of halogens is 3. The van der Waals surface area contributed by atoms with Gasteiger partial charge in [0.15, 0.2) is 0 Å². The second-order valence-corrected chi connectivity index (χ2v) is 1.81. The Bertz CT molecular complexity index is 43.4. The second-order valence-electron chi connectivity index (χ2n) is 0.603. The number of rotatable bonds is 0. The zero-order valence-electron chi connectivity index (χ0n) is 5.63. The van der Waals surface area contributed by atoms with Gasteiger partial charge in [-0.3, -0.25) is 0 Å². The summed E-state index contributed by atoms with van der Waals surface area (Å²) in [6.07, 6.45) is 0. The smallest absolute Gasteiger partial charge is 0.282 e. The van der Waals surface area contributed by atoms with Crippen LogP contribution in [0, 0.1) is 32.4 Å². The summed E-state index contributed by atoms with van der Waals surface area (Å²) in [5.74, 6) is 0. The maximum Gasteiger partial charge on any atom is 0.282 e. The van der Waals surface area contributed by atoms with E-state index in [1.54, 1.807) is 0 Å². The quantitative estimate of drug-likeness (QED) is 0.324. The fourth-order valence-electron chi connectivity index (χ4n) is 0. The van der Waals surface area contributed by atoms with Gasteiger partial charge in [-0.1, -0.05) is 0 Å². The molecule has 0 saturated carbocycles. The molecule has 0 amide bonds. The Hall–Kier alpha value is 0.470. The van der Waals surface area contributed by atoms with E-state index < -0.39 is 32.4 Å². The van der Waals surface area contributed by atoms with E-state index in [1.807, 2.05) is 0 Å². The van der Waals surface area contributed by atoms with Gasteiger partial charge in [0.05, 0.1) is 0 Å². The maximum absolute atomic E-state index is 8.52. The van der Waals surface area contributed by atoms with Crippen molar-refractivity contribution >= 4 is 0 Å². The average Bonchev–Trinajstić information content (AvgIpc) is 1.54. The molecule has 0 spiro atoms. The first-order valence-corrected chi connectivity index (χ1v) is 4.30. The van der Waals surface area contributed by atoms with Gasteiger partial charge in [-0.05, 0) is 0 Å². The Labute approximate surface area is 81.1 Å². The van der Waals surface area contributed by atoms with Crippen LogP contribution in [0.25, 0.3) is 0 Å². The highest BCUT2D eigenvalue weighted by molar-refractivity contribution is 2.13. The molecular weight excluding hydrogens is 264 g/mol. The van der Waals surface area contributed by atoms with Gasteiger partial charge >= 0.3 is 0 Å². The fraction of sp³-hybridized carbons (Fsp3) is 0. The molecule has 0 aliphatic rings. The highest BCUT2D eigenvalue weighted by atomic mass is 35.6. The lowest BCUT2D eigenvalue weighted by molar-refractivity contribution is -1.63. The minimum absolute atomic E-state index is 0. The molecule has 6 N–H and O–H groups in total. The van der Waals surface area contributed by atoms with Crippen LogP contribution in [0.5, 0.6) is 0 Å². The van der Waals surface area contributed by atoms with Crippen molar-refractivity contribution in [2.24, 2.45) is 0 Å². The van der Waals surface area contributed by atoms with E-state index in [4.69, 9.17) is 41.9 Å². The predicted octanol–water partition coefficient (Wildman–Crippen LogP) is -8.64. The second kappa shape index (κ2) is 18.3. The third-order valence-electron chi connectivity index (χ3n) is 0. The molecule has 0 aromatic carbocycles. The van der Waals surface area contributed by atoms with Crippen LogP contribution >= 0.6 is 0 Å². The largest absolute Gasteiger partial charge is 0.344 e. The number of hydrogen-bond donors (Lipinski definition) is 4. The van der Waals surface area contributed by atoms with Crippen molar-refractivity contribution in [2.75, 3.05) is 0 Å². The Kier molecular flexibility index (Phi) is 32.9. The van der Waals surface area contributed by atoms with Crippen LogP contribution in [0.1, 0.15) is 0 Å². The van der Waals surface area contributed by atoms with Crippen LogP contribution in [0.2, 0.25) is 0 Å². The minimum atomic E-state index is -2.60. The molecule has 0 bridgehead atoms. The molecule has 0 radical (unpaired) electrons. The third kappa shape index (κ3) is 6190. The molecule has 0 saturated heterocycles. The van der Waals surface area contributed by atoms with Crippen LogP contribution < -0.4 is 34.1 Å². The van der Waals surface area contributed by atoms with Crippen molar-refractivity contribution in [3.8, 4) is 0 Å². The van der Waals surface area contributed by atoms with E-state index in [0.29, 0.717) is 0 Å². The highest BCUT2D eigenvalue weighted by Gasteiger charge is 1.80. The Morgan fingerprint density at radius 2 is 0.538 bits per heavy atom. The molecule has 0 unspecified atom stereocenters. The third-order valence-corrected chi connectivity index (χ3v) is 0. The molecule has 13 heavy (non-hydrogen) atoms. The summed E-state index contributed by atoms with van der Waals surface area (Å²) >= 11 is 0. The first-order valence-electron chi connectivity index (χ1n) is 1.43. The van der Waals surface area contributed by atoms with Crippen molar-refractivity contribution in [3.63, 3.8) is 0 Å². The predicted molar refractivity (Wildman–Crippen MR) is 11.7 cm³/mol. The van der Waals surface area contributed by atoms with Crippen molar-refractivity contribution in [1.82, 2.24) is 6.15 Å². The molecule has 0 aromatic rings. The Balaban J connectivity index is -0.0000000450. The van der Waals surface area contributed by atoms with Gasteiger partial charge in [-0.25, -0.2) is 0 Å². The van der Waals surface area contributed by atoms with Crippen LogP contribution in [0.4, 0.5) is 0 Å². The lowest BCUT2D eigenvalue weighted by Crippen LogP contribution is -2.30.